The lowest BCUT2D eigenvalue weighted by Crippen LogP contribution is -1.89. The van der Waals surface area contributed by atoms with E-state index in [9.17, 15) is 14.0 Å². The van der Waals surface area contributed by atoms with Gasteiger partial charge in [0.25, 0.3) is 0 Å². The van der Waals surface area contributed by atoms with Gasteiger partial charge in [-0.1, -0.05) is 59.6 Å². The van der Waals surface area contributed by atoms with Crippen LogP contribution in [0.25, 0.3) is 0 Å². The Bertz CT molecular complexity index is 1170. The van der Waals surface area contributed by atoms with Gasteiger partial charge in [0.15, 0.2) is 12.6 Å². The average molecular weight is 485 g/mol. The molecule has 4 nitrogen and oxygen atoms in total. The van der Waals surface area contributed by atoms with Gasteiger partial charge in [-0.15, -0.1) is 0 Å². The van der Waals surface area contributed by atoms with Crippen LogP contribution in [0.4, 0.5) is 4.39 Å². The fourth-order valence-electron chi connectivity index (χ4n) is 2.33. The highest BCUT2D eigenvalue weighted by molar-refractivity contribution is 6.31. The molecule has 7 heteroatoms. The normalized spacial score (nSPS) is 9.42. The monoisotopic (exact) mass is 484 g/mol. The lowest BCUT2D eigenvalue weighted by molar-refractivity contribution is 0.111. The van der Waals surface area contributed by atoms with E-state index in [-0.39, 0.29) is 5.56 Å². The van der Waals surface area contributed by atoms with Crippen LogP contribution in [0.15, 0.2) is 97.1 Å². The van der Waals surface area contributed by atoms with Crippen molar-refractivity contribution in [1.82, 2.24) is 0 Å². The predicted molar refractivity (Wildman–Crippen MR) is 128 cm³/mol. The minimum Gasteiger partial charge on any atom is -0.508 e. The maximum atomic E-state index is 12.5. The number of rotatable bonds is 4. The third-order valence-electron chi connectivity index (χ3n) is 3.92. The standard InChI is InChI=1S/C13H9ClO2.C7H4ClFO.C6H6O/c14-11-7-6-10(9-15)13(8-11)16-12-4-2-1-3-5-12;8-6-2-1-5(4-10)7(9)3-6;7-6-4-2-1-3-5-6/h1-9H;1-4H;1-5,7H. The fourth-order valence-corrected chi connectivity index (χ4v) is 2.66. The summed E-state index contributed by atoms with van der Waals surface area (Å²) in [7, 11) is 0. The number of ether oxygens (including phenoxy) is 1. The molecule has 4 rings (SSSR count). The first-order chi connectivity index (χ1) is 15.9. The molecule has 4 aromatic rings. The van der Waals surface area contributed by atoms with E-state index in [2.05, 4.69) is 0 Å². The topological polar surface area (TPSA) is 63.6 Å². The smallest absolute Gasteiger partial charge is 0.153 e. The van der Waals surface area contributed by atoms with Crippen LogP contribution in [-0.4, -0.2) is 17.7 Å². The van der Waals surface area contributed by atoms with E-state index in [0.29, 0.717) is 39.1 Å². The number of carbonyl (C=O) groups is 2. The number of aromatic hydroxyl groups is 1. The van der Waals surface area contributed by atoms with Gasteiger partial charge in [0, 0.05) is 16.1 Å². The number of para-hydroxylation sites is 2. The van der Waals surface area contributed by atoms with Gasteiger partial charge in [0.2, 0.25) is 0 Å². The van der Waals surface area contributed by atoms with Crippen molar-refractivity contribution in [3.8, 4) is 17.2 Å². The Morgan fingerprint density at radius 2 is 1.21 bits per heavy atom. The number of aldehydes is 2. The van der Waals surface area contributed by atoms with Crippen molar-refractivity contribution in [2.75, 3.05) is 0 Å². The number of phenolic OH excluding ortho intramolecular Hbond substituents is 1. The zero-order valence-electron chi connectivity index (χ0n) is 17.2. The molecule has 0 saturated heterocycles. The van der Waals surface area contributed by atoms with Gasteiger partial charge in [-0.3, -0.25) is 9.59 Å². The molecule has 0 fully saturated rings. The Balaban J connectivity index is 0.000000193. The summed E-state index contributed by atoms with van der Waals surface area (Å²) in [5, 5.41) is 9.47. The third-order valence-corrected chi connectivity index (χ3v) is 4.39. The Hall–Kier alpha value is -3.67. The molecule has 0 spiro atoms. The highest BCUT2D eigenvalue weighted by Gasteiger charge is 2.05. The zero-order valence-corrected chi connectivity index (χ0v) is 18.7. The molecule has 0 aliphatic carbocycles. The molecule has 0 aliphatic heterocycles. The fraction of sp³-hybridized carbons (Fsp3) is 0. The maximum Gasteiger partial charge on any atom is 0.153 e. The number of benzene rings is 4. The summed E-state index contributed by atoms with van der Waals surface area (Å²) < 4.78 is 18.1. The summed E-state index contributed by atoms with van der Waals surface area (Å²) in [6, 6.07) is 26.8. The largest absolute Gasteiger partial charge is 0.508 e. The van der Waals surface area contributed by atoms with Crippen molar-refractivity contribution < 1.29 is 23.8 Å². The molecular weight excluding hydrogens is 466 g/mol. The van der Waals surface area contributed by atoms with E-state index in [1.54, 1.807) is 42.5 Å². The zero-order chi connectivity index (χ0) is 24.1. The molecule has 168 valence electrons. The molecule has 0 amide bonds. The van der Waals surface area contributed by atoms with E-state index >= 15 is 0 Å². The van der Waals surface area contributed by atoms with Crippen LogP contribution >= 0.6 is 23.2 Å². The van der Waals surface area contributed by atoms with Gasteiger partial charge in [-0.05, 0) is 54.6 Å². The minimum atomic E-state index is -0.581. The first-order valence-corrected chi connectivity index (χ1v) is 10.3. The molecule has 4 aromatic carbocycles. The lowest BCUT2D eigenvalue weighted by atomic mass is 10.2. The molecule has 0 saturated carbocycles. The Morgan fingerprint density at radius 1 is 0.697 bits per heavy atom. The summed E-state index contributed by atoms with van der Waals surface area (Å²) in [5.41, 5.74) is 0.512. The highest BCUT2D eigenvalue weighted by atomic mass is 35.5. The van der Waals surface area contributed by atoms with Gasteiger partial charge < -0.3 is 9.84 Å². The van der Waals surface area contributed by atoms with Gasteiger partial charge in [-0.25, -0.2) is 4.39 Å². The van der Waals surface area contributed by atoms with Crippen LogP contribution in [0.1, 0.15) is 20.7 Å². The SMILES string of the molecule is O=Cc1ccc(Cl)cc1F.O=Cc1ccc(Cl)cc1Oc1ccccc1.Oc1ccccc1. The van der Waals surface area contributed by atoms with E-state index in [1.165, 1.54) is 12.1 Å². The Labute approximate surface area is 200 Å². The number of hydrogen-bond acceptors (Lipinski definition) is 4. The molecule has 0 bridgehead atoms. The number of phenols is 1. The van der Waals surface area contributed by atoms with Gasteiger partial charge in [0.05, 0.1) is 11.1 Å². The van der Waals surface area contributed by atoms with Crippen molar-refractivity contribution in [2.24, 2.45) is 0 Å². The second-order valence-electron chi connectivity index (χ2n) is 6.33. The highest BCUT2D eigenvalue weighted by Crippen LogP contribution is 2.27. The predicted octanol–water partition coefficient (Wildman–Crippen LogP) is 7.63. The molecule has 0 unspecified atom stereocenters. The minimum absolute atomic E-state index is 0.0319. The summed E-state index contributed by atoms with van der Waals surface area (Å²) in [4.78, 5) is 20.9. The van der Waals surface area contributed by atoms with Gasteiger partial charge in [0.1, 0.15) is 23.1 Å². The van der Waals surface area contributed by atoms with E-state index in [0.717, 1.165) is 12.4 Å². The van der Waals surface area contributed by atoms with Gasteiger partial charge in [-0.2, -0.15) is 0 Å². The van der Waals surface area contributed by atoms with Crippen LogP contribution < -0.4 is 4.74 Å². The molecule has 0 atom stereocenters. The van der Waals surface area contributed by atoms with Gasteiger partial charge >= 0.3 is 0 Å². The quantitative estimate of drug-likeness (QED) is 0.302. The number of carbonyl (C=O) groups excluding carboxylic acids is 2. The summed E-state index contributed by atoms with van der Waals surface area (Å²) in [6.07, 6.45) is 1.19. The molecule has 0 radical (unpaired) electrons. The van der Waals surface area contributed by atoms with Crippen LogP contribution in [0.2, 0.25) is 10.0 Å². The second kappa shape index (κ2) is 13.7. The summed E-state index contributed by atoms with van der Waals surface area (Å²) in [5.74, 6) is 0.881. The van der Waals surface area contributed by atoms with E-state index < -0.39 is 5.82 Å². The van der Waals surface area contributed by atoms with Crippen molar-refractivity contribution in [2.45, 2.75) is 0 Å². The van der Waals surface area contributed by atoms with Crippen LogP contribution in [-0.2, 0) is 0 Å². The van der Waals surface area contributed by atoms with Crippen LogP contribution in [0, 0.1) is 5.82 Å². The summed E-state index contributed by atoms with van der Waals surface area (Å²) >= 11 is 11.3. The lowest BCUT2D eigenvalue weighted by Gasteiger charge is -2.07. The Kier molecular flexibility index (Phi) is 10.6. The van der Waals surface area contributed by atoms with Crippen molar-refractivity contribution in [3.05, 3.63) is 124 Å². The van der Waals surface area contributed by atoms with Crippen molar-refractivity contribution in [1.29, 1.82) is 0 Å². The van der Waals surface area contributed by atoms with E-state index in [1.807, 2.05) is 36.4 Å². The molecule has 1 N–H and O–H groups in total. The first kappa shape index (κ1) is 25.6. The summed E-state index contributed by atoms with van der Waals surface area (Å²) in [6.45, 7) is 0. The number of halogens is 3. The molecule has 33 heavy (non-hydrogen) atoms. The van der Waals surface area contributed by atoms with Crippen molar-refractivity contribution >= 4 is 35.8 Å². The van der Waals surface area contributed by atoms with Crippen LogP contribution in [0.5, 0.6) is 17.2 Å². The third kappa shape index (κ3) is 9.15. The molecule has 0 aliphatic rings. The number of hydrogen-bond donors (Lipinski definition) is 1. The van der Waals surface area contributed by atoms with E-state index in [4.69, 9.17) is 33.0 Å². The maximum absolute atomic E-state index is 12.5. The van der Waals surface area contributed by atoms with Crippen molar-refractivity contribution in [3.63, 3.8) is 0 Å². The molecule has 0 heterocycles. The first-order valence-electron chi connectivity index (χ1n) is 9.54. The average Bonchev–Trinajstić information content (AvgIpc) is 2.81. The second-order valence-corrected chi connectivity index (χ2v) is 7.21. The van der Waals surface area contributed by atoms with Crippen LogP contribution in [0.3, 0.4) is 0 Å². The molecular formula is C26H19Cl2FO4. The Morgan fingerprint density at radius 3 is 1.70 bits per heavy atom. The molecule has 0 aromatic heterocycles.